The van der Waals surface area contributed by atoms with Gasteiger partial charge >= 0.3 is 0 Å². The lowest BCUT2D eigenvalue weighted by atomic mass is 10.1. The largest absolute Gasteiger partial charge is 0.338 e. The van der Waals surface area contributed by atoms with Crippen LogP contribution in [0.15, 0.2) is 54.6 Å². The molecule has 0 aliphatic carbocycles. The molecule has 1 aliphatic rings. The molecule has 2 aromatic carbocycles. The lowest BCUT2D eigenvalue weighted by Crippen LogP contribution is -2.28. The van der Waals surface area contributed by atoms with Crippen LogP contribution < -0.4 is 5.32 Å². The van der Waals surface area contributed by atoms with E-state index in [0.29, 0.717) is 25.2 Å². The molecule has 2 aromatic rings. The number of rotatable bonds is 5. The van der Waals surface area contributed by atoms with Crippen molar-refractivity contribution in [2.75, 3.05) is 11.9 Å². The van der Waals surface area contributed by atoms with Gasteiger partial charge in [-0.15, -0.1) is 0 Å². The SMILES string of the molecule is N#CCc1ccc(NC(=O)[C@H]2CC(=O)N(Cc3ccccc3)C2)cc1. The summed E-state index contributed by atoms with van der Waals surface area (Å²) in [6, 6.07) is 19.1. The van der Waals surface area contributed by atoms with Gasteiger partial charge in [0.25, 0.3) is 0 Å². The molecule has 1 saturated heterocycles. The van der Waals surface area contributed by atoms with E-state index in [1.807, 2.05) is 42.5 Å². The van der Waals surface area contributed by atoms with Gasteiger partial charge in [-0.2, -0.15) is 5.26 Å². The van der Waals surface area contributed by atoms with Crippen LogP contribution in [0.2, 0.25) is 0 Å². The summed E-state index contributed by atoms with van der Waals surface area (Å²) in [5.74, 6) is -0.472. The van der Waals surface area contributed by atoms with Gasteiger partial charge in [-0.3, -0.25) is 9.59 Å². The van der Waals surface area contributed by atoms with Crippen molar-refractivity contribution in [3.05, 3.63) is 65.7 Å². The number of hydrogen-bond donors (Lipinski definition) is 1. The first-order chi connectivity index (χ1) is 12.2. The van der Waals surface area contributed by atoms with Gasteiger partial charge in [0.15, 0.2) is 0 Å². The molecule has 0 aromatic heterocycles. The van der Waals surface area contributed by atoms with E-state index in [9.17, 15) is 9.59 Å². The zero-order valence-electron chi connectivity index (χ0n) is 13.8. The summed E-state index contributed by atoms with van der Waals surface area (Å²) in [7, 11) is 0. The van der Waals surface area contributed by atoms with Gasteiger partial charge in [-0.1, -0.05) is 42.5 Å². The highest BCUT2D eigenvalue weighted by Gasteiger charge is 2.34. The molecule has 2 amide bonds. The van der Waals surface area contributed by atoms with E-state index in [0.717, 1.165) is 11.1 Å². The highest BCUT2D eigenvalue weighted by Crippen LogP contribution is 2.22. The Kier molecular flexibility index (Phi) is 5.10. The molecule has 0 radical (unpaired) electrons. The molecule has 0 unspecified atom stereocenters. The first kappa shape index (κ1) is 16.7. The molecular weight excluding hydrogens is 314 g/mol. The average Bonchev–Trinajstić information content (AvgIpc) is 2.99. The Hall–Kier alpha value is -3.13. The first-order valence-corrected chi connectivity index (χ1v) is 8.24. The van der Waals surface area contributed by atoms with Crippen LogP contribution in [0, 0.1) is 17.2 Å². The van der Waals surface area contributed by atoms with Crippen molar-refractivity contribution >= 4 is 17.5 Å². The molecule has 5 heteroatoms. The number of carbonyl (C=O) groups is 2. The number of nitrogens with one attached hydrogen (secondary N) is 1. The molecule has 126 valence electrons. The number of carbonyl (C=O) groups excluding carboxylic acids is 2. The van der Waals surface area contributed by atoms with Crippen molar-refractivity contribution in [1.29, 1.82) is 5.26 Å². The third-order valence-corrected chi connectivity index (χ3v) is 4.31. The van der Waals surface area contributed by atoms with Crippen LogP contribution >= 0.6 is 0 Å². The normalized spacial score (nSPS) is 16.5. The Bertz CT molecular complexity index is 794. The molecule has 1 heterocycles. The minimum atomic E-state index is -0.338. The molecule has 1 aliphatic heterocycles. The van der Waals surface area contributed by atoms with Crippen LogP contribution in [0.1, 0.15) is 17.5 Å². The predicted octanol–water partition coefficient (Wildman–Crippen LogP) is 2.74. The number of benzene rings is 2. The van der Waals surface area contributed by atoms with Crippen LogP contribution in [0.3, 0.4) is 0 Å². The Morgan fingerprint density at radius 1 is 1.12 bits per heavy atom. The monoisotopic (exact) mass is 333 g/mol. The van der Waals surface area contributed by atoms with Gasteiger partial charge in [0.2, 0.25) is 11.8 Å². The Morgan fingerprint density at radius 2 is 1.84 bits per heavy atom. The standard InChI is InChI=1S/C20H19N3O2/c21-11-10-15-6-8-18(9-7-15)22-20(25)17-12-19(24)23(14-17)13-16-4-2-1-3-5-16/h1-9,17H,10,12-14H2,(H,22,25)/t17-/m0/s1. The third kappa shape index (κ3) is 4.24. The van der Waals surface area contributed by atoms with E-state index < -0.39 is 0 Å². The summed E-state index contributed by atoms with van der Waals surface area (Å²) >= 11 is 0. The first-order valence-electron chi connectivity index (χ1n) is 8.24. The molecule has 0 spiro atoms. The highest BCUT2D eigenvalue weighted by atomic mass is 16.2. The number of amides is 2. The molecule has 1 atom stereocenters. The lowest BCUT2D eigenvalue weighted by molar-refractivity contribution is -0.128. The van der Waals surface area contributed by atoms with Crippen LogP contribution in [-0.4, -0.2) is 23.3 Å². The molecule has 3 rings (SSSR count). The third-order valence-electron chi connectivity index (χ3n) is 4.31. The van der Waals surface area contributed by atoms with E-state index in [2.05, 4.69) is 11.4 Å². The van der Waals surface area contributed by atoms with Crippen molar-refractivity contribution in [1.82, 2.24) is 4.90 Å². The minimum absolute atomic E-state index is 0.00775. The highest BCUT2D eigenvalue weighted by molar-refractivity contribution is 5.97. The van der Waals surface area contributed by atoms with Gasteiger partial charge in [0.05, 0.1) is 18.4 Å². The summed E-state index contributed by atoms with van der Waals surface area (Å²) in [6.07, 6.45) is 0.588. The molecule has 0 saturated carbocycles. The van der Waals surface area contributed by atoms with Crippen LogP contribution in [0.4, 0.5) is 5.69 Å². The van der Waals surface area contributed by atoms with E-state index in [-0.39, 0.29) is 24.2 Å². The molecule has 25 heavy (non-hydrogen) atoms. The smallest absolute Gasteiger partial charge is 0.229 e. The van der Waals surface area contributed by atoms with Crippen LogP contribution in [-0.2, 0) is 22.6 Å². The Labute approximate surface area is 146 Å². The van der Waals surface area contributed by atoms with E-state index in [1.54, 1.807) is 17.0 Å². The molecule has 0 bridgehead atoms. The van der Waals surface area contributed by atoms with Crippen LogP contribution in [0.5, 0.6) is 0 Å². The summed E-state index contributed by atoms with van der Waals surface area (Å²) in [4.78, 5) is 26.3. The van der Waals surface area contributed by atoms with E-state index in [1.165, 1.54) is 0 Å². The summed E-state index contributed by atoms with van der Waals surface area (Å²) in [5.41, 5.74) is 2.65. The zero-order valence-corrected chi connectivity index (χ0v) is 13.8. The topological polar surface area (TPSA) is 73.2 Å². The van der Waals surface area contributed by atoms with Crippen molar-refractivity contribution < 1.29 is 9.59 Å². The number of nitriles is 1. The van der Waals surface area contributed by atoms with Crippen molar-refractivity contribution in [2.24, 2.45) is 5.92 Å². The second-order valence-electron chi connectivity index (χ2n) is 6.18. The second kappa shape index (κ2) is 7.63. The fourth-order valence-corrected chi connectivity index (χ4v) is 2.95. The fourth-order valence-electron chi connectivity index (χ4n) is 2.95. The number of likely N-dealkylation sites (tertiary alicyclic amines) is 1. The zero-order chi connectivity index (χ0) is 17.6. The number of hydrogen-bond acceptors (Lipinski definition) is 3. The van der Waals surface area contributed by atoms with Gasteiger partial charge in [-0.25, -0.2) is 0 Å². The fraction of sp³-hybridized carbons (Fsp3) is 0.250. The van der Waals surface area contributed by atoms with Crippen molar-refractivity contribution in [2.45, 2.75) is 19.4 Å². The maximum absolute atomic E-state index is 12.4. The van der Waals surface area contributed by atoms with Crippen LogP contribution in [0.25, 0.3) is 0 Å². The molecule has 1 fully saturated rings. The second-order valence-corrected chi connectivity index (χ2v) is 6.18. The maximum Gasteiger partial charge on any atom is 0.229 e. The molecule has 1 N–H and O–H groups in total. The number of nitrogens with zero attached hydrogens (tertiary/aromatic N) is 2. The minimum Gasteiger partial charge on any atom is -0.338 e. The molecule has 5 nitrogen and oxygen atoms in total. The number of anilines is 1. The van der Waals surface area contributed by atoms with Crippen molar-refractivity contribution in [3.8, 4) is 6.07 Å². The van der Waals surface area contributed by atoms with Crippen molar-refractivity contribution in [3.63, 3.8) is 0 Å². The Morgan fingerprint density at radius 3 is 2.52 bits per heavy atom. The molecular formula is C20H19N3O2. The van der Waals surface area contributed by atoms with Gasteiger partial charge in [0, 0.05) is 25.2 Å². The predicted molar refractivity (Wildman–Crippen MR) is 94.4 cm³/mol. The van der Waals surface area contributed by atoms with Gasteiger partial charge in [0.1, 0.15) is 0 Å². The summed E-state index contributed by atoms with van der Waals surface area (Å²) < 4.78 is 0. The maximum atomic E-state index is 12.4. The van der Waals surface area contributed by atoms with E-state index in [4.69, 9.17) is 5.26 Å². The quantitative estimate of drug-likeness (QED) is 0.914. The lowest BCUT2D eigenvalue weighted by Gasteiger charge is -2.16. The van der Waals surface area contributed by atoms with E-state index >= 15 is 0 Å². The Balaban J connectivity index is 1.58. The van der Waals surface area contributed by atoms with Gasteiger partial charge < -0.3 is 10.2 Å². The summed E-state index contributed by atoms with van der Waals surface area (Å²) in [5, 5.41) is 11.5. The summed E-state index contributed by atoms with van der Waals surface area (Å²) in [6.45, 7) is 0.971. The average molecular weight is 333 g/mol. The van der Waals surface area contributed by atoms with Gasteiger partial charge in [-0.05, 0) is 23.3 Å².